The number of ether oxygens (including phenoxy) is 1. The lowest BCUT2D eigenvalue weighted by Gasteiger charge is -2.09. The van der Waals surface area contributed by atoms with Crippen LogP contribution in [0.4, 0.5) is 0 Å². The van der Waals surface area contributed by atoms with Crippen LogP contribution in [0.15, 0.2) is 0 Å². The molecule has 0 aromatic rings. The molecular weight excluding hydrogens is 214 g/mol. The van der Waals surface area contributed by atoms with Crippen LogP contribution in [0.5, 0.6) is 0 Å². The van der Waals surface area contributed by atoms with Gasteiger partial charge in [-0.05, 0) is 6.42 Å². The number of sulfonamides is 1. The maximum atomic E-state index is 11.1. The molecule has 0 heterocycles. The molecule has 4 nitrogen and oxygen atoms in total. The van der Waals surface area contributed by atoms with Crippen LogP contribution in [0.3, 0.4) is 0 Å². The highest BCUT2D eigenvalue weighted by molar-refractivity contribution is 7.89. The molecule has 0 aliphatic carbocycles. The van der Waals surface area contributed by atoms with Crippen molar-refractivity contribution in [3.05, 3.63) is 0 Å². The van der Waals surface area contributed by atoms with Gasteiger partial charge in [0.2, 0.25) is 10.0 Å². The van der Waals surface area contributed by atoms with E-state index in [1.165, 1.54) is 7.11 Å². The number of rotatable bonds is 7. The molecule has 6 heteroatoms. The molecule has 1 atom stereocenters. The predicted molar refractivity (Wildman–Crippen MR) is 53.6 cm³/mol. The first-order valence-electron chi connectivity index (χ1n) is 4.12. The second kappa shape index (κ2) is 6.59. The molecule has 13 heavy (non-hydrogen) atoms. The van der Waals surface area contributed by atoms with Gasteiger partial charge in [-0.2, -0.15) is 0 Å². The number of hydrogen-bond donors (Lipinski definition) is 1. The first-order chi connectivity index (χ1) is 6.02. The van der Waals surface area contributed by atoms with Gasteiger partial charge < -0.3 is 4.74 Å². The first-order valence-corrected chi connectivity index (χ1v) is 6.21. The summed E-state index contributed by atoms with van der Waals surface area (Å²) in [6.07, 6.45) is 0.604. The maximum Gasteiger partial charge on any atom is 0.211 e. The molecule has 0 rings (SSSR count). The third-order valence-corrected chi connectivity index (χ3v) is 3.18. The molecule has 1 N–H and O–H groups in total. The molecule has 0 saturated carbocycles. The van der Waals surface area contributed by atoms with Crippen molar-refractivity contribution in [1.29, 1.82) is 0 Å². The summed E-state index contributed by atoms with van der Waals surface area (Å²) in [4.78, 5) is 0. The van der Waals surface area contributed by atoms with Crippen LogP contribution in [-0.4, -0.2) is 39.8 Å². The van der Waals surface area contributed by atoms with Crippen LogP contribution in [0.25, 0.3) is 0 Å². The largest absolute Gasteiger partial charge is 0.383 e. The zero-order valence-electron chi connectivity index (χ0n) is 7.92. The zero-order valence-corrected chi connectivity index (χ0v) is 9.49. The molecule has 0 aliphatic rings. The molecule has 0 aliphatic heterocycles. The number of alkyl halides is 1. The smallest absolute Gasteiger partial charge is 0.211 e. The van der Waals surface area contributed by atoms with E-state index in [1.807, 2.05) is 6.92 Å². The second-order valence-corrected chi connectivity index (χ2v) is 5.26. The maximum absolute atomic E-state index is 11.1. The number of nitrogens with one attached hydrogen (secondary N) is 1. The normalized spacial score (nSPS) is 14.4. The number of halogens is 1. The molecule has 0 fully saturated rings. The number of hydrogen-bond acceptors (Lipinski definition) is 3. The minimum atomic E-state index is -3.14. The van der Waals surface area contributed by atoms with Gasteiger partial charge in [-0.1, -0.05) is 6.92 Å². The lowest BCUT2D eigenvalue weighted by Crippen LogP contribution is -2.33. The Balaban J connectivity index is 3.74. The molecule has 1 unspecified atom stereocenters. The van der Waals surface area contributed by atoms with Crippen molar-refractivity contribution in [2.75, 3.05) is 26.0 Å². The van der Waals surface area contributed by atoms with Crippen molar-refractivity contribution < 1.29 is 13.2 Å². The Bertz CT molecular complexity index is 218. The molecule has 0 amide bonds. The van der Waals surface area contributed by atoms with E-state index in [0.717, 1.165) is 0 Å². The van der Waals surface area contributed by atoms with Gasteiger partial charge in [-0.3, -0.25) is 0 Å². The summed E-state index contributed by atoms with van der Waals surface area (Å²) in [6, 6.07) is 0. The summed E-state index contributed by atoms with van der Waals surface area (Å²) in [5.41, 5.74) is 0. The summed E-state index contributed by atoms with van der Waals surface area (Å²) in [5, 5.41) is -0.309. The minimum absolute atomic E-state index is 0.142. The molecule has 0 aromatic heterocycles. The highest BCUT2D eigenvalue weighted by Crippen LogP contribution is 1.96. The van der Waals surface area contributed by atoms with Crippen LogP contribution in [-0.2, 0) is 14.8 Å². The van der Waals surface area contributed by atoms with E-state index in [0.29, 0.717) is 13.0 Å². The first kappa shape index (κ1) is 13.2. The second-order valence-electron chi connectivity index (χ2n) is 2.72. The van der Waals surface area contributed by atoms with Gasteiger partial charge in [0.25, 0.3) is 0 Å². The monoisotopic (exact) mass is 229 g/mol. The summed E-state index contributed by atoms with van der Waals surface area (Å²) >= 11 is 5.74. The van der Waals surface area contributed by atoms with E-state index < -0.39 is 10.0 Å². The van der Waals surface area contributed by atoms with Gasteiger partial charge in [0.1, 0.15) is 0 Å². The molecule has 80 valence electrons. The quantitative estimate of drug-likeness (QED) is 0.650. The van der Waals surface area contributed by atoms with Crippen LogP contribution < -0.4 is 4.72 Å². The highest BCUT2D eigenvalue weighted by Gasteiger charge is 2.11. The van der Waals surface area contributed by atoms with Gasteiger partial charge >= 0.3 is 0 Å². The lowest BCUT2D eigenvalue weighted by molar-refractivity contribution is 0.198. The fourth-order valence-electron chi connectivity index (χ4n) is 0.798. The van der Waals surface area contributed by atoms with Crippen molar-refractivity contribution in [1.82, 2.24) is 4.72 Å². The Morgan fingerprint density at radius 3 is 2.62 bits per heavy atom. The fraction of sp³-hybridized carbons (Fsp3) is 1.00. The van der Waals surface area contributed by atoms with Gasteiger partial charge in [0, 0.05) is 13.7 Å². The SMILES string of the molecule is CCCS(=O)(=O)NCC(Cl)COC. The summed E-state index contributed by atoms with van der Waals surface area (Å²) in [6.45, 7) is 2.38. The third kappa shape index (κ3) is 7.25. The van der Waals surface area contributed by atoms with Crippen LogP contribution >= 0.6 is 11.6 Å². The Labute approximate surface area is 84.7 Å². The summed E-state index contributed by atoms with van der Waals surface area (Å²) < 4.78 is 29.4. The van der Waals surface area contributed by atoms with Gasteiger partial charge in [-0.25, -0.2) is 13.1 Å². The Morgan fingerprint density at radius 2 is 2.15 bits per heavy atom. The molecular formula is C7H16ClNO3S. The van der Waals surface area contributed by atoms with E-state index in [9.17, 15) is 8.42 Å². The van der Waals surface area contributed by atoms with Crippen molar-refractivity contribution in [2.24, 2.45) is 0 Å². The zero-order chi connectivity index (χ0) is 10.3. The Kier molecular flexibility index (Phi) is 6.67. The predicted octanol–water partition coefficient (Wildman–Crippen LogP) is 0.570. The standard InChI is InChI=1S/C7H16ClNO3S/c1-3-4-13(10,11)9-5-7(8)6-12-2/h7,9H,3-6H2,1-2H3. The Morgan fingerprint density at radius 1 is 1.54 bits per heavy atom. The van der Waals surface area contributed by atoms with Gasteiger partial charge in [-0.15, -0.1) is 11.6 Å². The average Bonchev–Trinajstić information content (AvgIpc) is 2.02. The van der Waals surface area contributed by atoms with Crippen LogP contribution in [0.1, 0.15) is 13.3 Å². The van der Waals surface area contributed by atoms with E-state index >= 15 is 0 Å². The van der Waals surface area contributed by atoms with E-state index in [2.05, 4.69) is 4.72 Å². The molecule has 0 aromatic carbocycles. The minimum Gasteiger partial charge on any atom is -0.383 e. The molecule has 0 spiro atoms. The average molecular weight is 230 g/mol. The van der Waals surface area contributed by atoms with Crippen LogP contribution in [0, 0.1) is 0 Å². The van der Waals surface area contributed by atoms with E-state index in [-0.39, 0.29) is 17.7 Å². The Hall–Kier alpha value is 0.160. The van der Waals surface area contributed by atoms with E-state index in [1.54, 1.807) is 0 Å². The highest BCUT2D eigenvalue weighted by atomic mass is 35.5. The fourth-order valence-corrected chi connectivity index (χ4v) is 2.23. The van der Waals surface area contributed by atoms with Gasteiger partial charge in [0.15, 0.2) is 0 Å². The summed E-state index contributed by atoms with van der Waals surface area (Å²) in [5.74, 6) is 0.142. The molecule has 0 bridgehead atoms. The molecule has 0 radical (unpaired) electrons. The number of methoxy groups -OCH3 is 1. The topological polar surface area (TPSA) is 55.4 Å². The van der Waals surface area contributed by atoms with Crippen molar-refractivity contribution in [3.63, 3.8) is 0 Å². The van der Waals surface area contributed by atoms with Crippen molar-refractivity contribution in [3.8, 4) is 0 Å². The van der Waals surface area contributed by atoms with E-state index in [4.69, 9.17) is 16.3 Å². The lowest BCUT2D eigenvalue weighted by atomic mass is 10.5. The molecule has 0 saturated heterocycles. The van der Waals surface area contributed by atoms with Gasteiger partial charge in [0.05, 0.1) is 17.7 Å². The van der Waals surface area contributed by atoms with Crippen molar-refractivity contribution >= 4 is 21.6 Å². The third-order valence-electron chi connectivity index (χ3n) is 1.35. The van der Waals surface area contributed by atoms with Crippen molar-refractivity contribution in [2.45, 2.75) is 18.7 Å². The summed E-state index contributed by atoms with van der Waals surface area (Å²) in [7, 11) is -1.61. The van der Waals surface area contributed by atoms with Crippen LogP contribution in [0.2, 0.25) is 0 Å².